The highest BCUT2D eigenvalue weighted by molar-refractivity contribution is 9.10. The second kappa shape index (κ2) is 7.04. The Hall–Kier alpha value is -1.40. The number of hydrogen-bond donors (Lipinski definition) is 1. The Balaban J connectivity index is 2.00. The average Bonchev–Trinajstić information content (AvgIpc) is 2.88. The van der Waals surface area contributed by atoms with Gasteiger partial charge in [-0.1, -0.05) is 0 Å². The number of benzene rings is 1. The number of ether oxygens (including phenoxy) is 1. The van der Waals surface area contributed by atoms with Crippen molar-refractivity contribution in [1.29, 1.82) is 0 Å². The number of hydrogen-bond acceptors (Lipinski definition) is 4. The van der Waals surface area contributed by atoms with Crippen molar-refractivity contribution in [3.63, 3.8) is 0 Å². The van der Waals surface area contributed by atoms with Gasteiger partial charge in [0.25, 0.3) is 0 Å². The average molecular weight is 372 g/mol. The lowest BCUT2D eigenvalue weighted by Gasteiger charge is -2.09. The molecule has 0 bridgehead atoms. The molecule has 0 aliphatic heterocycles. The number of methoxy groups -OCH3 is 1. The van der Waals surface area contributed by atoms with Gasteiger partial charge in [-0.15, -0.1) is 11.3 Å². The predicted octanol–water partition coefficient (Wildman–Crippen LogP) is 4.29. The van der Waals surface area contributed by atoms with E-state index in [1.165, 1.54) is 13.2 Å². The first-order valence-electron chi connectivity index (χ1n) is 6.33. The summed E-state index contributed by atoms with van der Waals surface area (Å²) in [6, 6.07) is 7.12. The van der Waals surface area contributed by atoms with E-state index < -0.39 is 0 Å². The molecule has 0 saturated heterocycles. The van der Waals surface area contributed by atoms with Crippen LogP contribution in [0.1, 0.15) is 15.3 Å². The van der Waals surface area contributed by atoms with Crippen molar-refractivity contribution in [3.8, 4) is 0 Å². The Labute approximate surface area is 135 Å². The molecule has 0 spiro atoms. The highest BCUT2D eigenvalue weighted by Crippen LogP contribution is 2.25. The zero-order valence-corrected chi connectivity index (χ0v) is 14.1. The first-order chi connectivity index (χ1) is 9.99. The summed E-state index contributed by atoms with van der Waals surface area (Å²) in [6.45, 7) is 2.49. The highest BCUT2D eigenvalue weighted by Gasteiger charge is 2.08. The zero-order chi connectivity index (χ0) is 15.4. The van der Waals surface area contributed by atoms with Crippen molar-refractivity contribution < 1.29 is 13.9 Å². The predicted molar refractivity (Wildman–Crippen MR) is 86.2 cm³/mol. The number of aryl methyl sites for hydroxylation is 1. The Morgan fingerprint density at radius 1 is 1.38 bits per heavy atom. The molecule has 6 heteroatoms. The van der Waals surface area contributed by atoms with Gasteiger partial charge in [0, 0.05) is 22.0 Å². The van der Waals surface area contributed by atoms with Crippen LogP contribution in [0.25, 0.3) is 0 Å². The normalized spacial score (nSPS) is 10.5. The van der Waals surface area contributed by atoms with Crippen LogP contribution >= 0.6 is 27.3 Å². The molecular weight excluding hydrogens is 357 g/mol. The molecule has 2 rings (SSSR count). The van der Waals surface area contributed by atoms with Crippen molar-refractivity contribution >= 4 is 38.9 Å². The molecule has 0 aliphatic rings. The third-order valence-corrected chi connectivity index (χ3v) is 4.68. The van der Waals surface area contributed by atoms with Crippen LogP contribution in [0.3, 0.4) is 0 Å². The molecule has 112 valence electrons. The van der Waals surface area contributed by atoms with Gasteiger partial charge < -0.3 is 10.1 Å². The Kier molecular flexibility index (Phi) is 5.36. The fourth-order valence-electron chi connectivity index (χ4n) is 1.85. The number of halogens is 2. The number of esters is 1. The molecule has 1 aromatic carbocycles. The third kappa shape index (κ3) is 4.28. The van der Waals surface area contributed by atoms with E-state index in [0.717, 1.165) is 21.0 Å². The van der Waals surface area contributed by atoms with E-state index in [0.29, 0.717) is 17.4 Å². The van der Waals surface area contributed by atoms with E-state index in [-0.39, 0.29) is 11.8 Å². The third-order valence-electron chi connectivity index (χ3n) is 2.98. The zero-order valence-electron chi connectivity index (χ0n) is 11.7. The summed E-state index contributed by atoms with van der Waals surface area (Å²) in [4.78, 5) is 13.3. The standard InChI is InChI=1S/C15H15BrFNO2S/c1-9-5-13(17)12(16)7-14(9)18-8-11-4-3-10(21-11)6-15(19)20-2/h3-5,7,18H,6,8H2,1-2H3. The van der Waals surface area contributed by atoms with Crippen molar-refractivity contribution in [3.05, 3.63) is 49.9 Å². The number of rotatable bonds is 5. The molecule has 1 aromatic heterocycles. The fraction of sp³-hybridized carbons (Fsp3) is 0.267. The van der Waals surface area contributed by atoms with Gasteiger partial charge in [0.1, 0.15) is 5.82 Å². The minimum Gasteiger partial charge on any atom is -0.469 e. The highest BCUT2D eigenvalue weighted by atomic mass is 79.9. The second-order valence-electron chi connectivity index (χ2n) is 4.56. The van der Waals surface area contributed by atoms with Crippen molar-refractivity contribution in [2.45, 2.75) is 19.9 Å². The first-order valence-corrected chi connectivity index (χ1v) is 7.94. The van der Waals surface area contributed by atoms with Gasteiger partial charge in [0.05, 0.1) is 18.0 Å². The molecule has 1 N–H and O–H groups in total. The summed E-state index contributed by atoms with van der Waals surface area (Å²) in [5.41, 5.74) is 1.73. The van der Waals surface area contributed by atoms with Crippen LogP contribution in [-0.2, 0) is 22.5 Å². The lowest BCUT2D eigenvalue weighted by molar-refractivity contribution is -0.139. The van der Waals surface area contributed by atoms with Crippen LogP contribution in [0.15, 0.2) is 28.7 Å². The fourth-order valence-corrected chi connectivity index (χ4v) is 3.13. The molecule has 0 aliphatic carbocycles. The number of nitrogens with one attached hydrogen (secondary N) is 1. The molecule has 0 atom stereocenters. The first kappa shape index (κ1) is 16.0. The number of carbonyl (C=O) groups excluding carboxylic acids is 1. The quantitative estimate of drug-likeness (QED) is 0.796. The second-order valence-corrected chi connectivity index (χ2v) is 6.66. The minimum atomic E-state index is -0.269. The van der Waals surface area contributed by atoms with Gasteiger partial charge in [0.15, 0.2) is 0 Å². The summed E-state index contributed by atoms with van der Waals surface area (Å²) in [5, 5.41) is 3.28. The Bertz CT molecular complexity index is 657. The summed E-state index contributed by atoms with van der Waals surface area (Å²) < 4.78 is 18.4. The Morgan fingerprint density at radius 3 is 2.81 bits per heavy atom. The summed E-state index contributed by atoms with van der Waals surface area (Å²) >= 11 is 4.74. The monoisotopic (exact) mass is 371 g/mol. The summed E-state index contributed by atoms with van der Waals surface area (Å²) in [5.74, 6) is -0.510. The smallest absolute Gasteiger partial charge is 0.310 e. The van der Waals surface area contributed by atoms with E-state index >= 15 is 0 Å². The van der Waals surface area contributed by atoms with E-state index in [4.69, 9.17) is 0 Å². The molecule has 2 aromatic rings. The molecule has 0 amide bonds. The number of anilines is 1. The summed E-state index contributed by atoms with van der Waals surface area (Å²) in [6.07, 6.45) is 0.294. The van der Waals surface area contributed by atoms with E-state index in [2.05, 4.69) is 26.0 Å². The van der Waals surface area contributed by atoms with Crippen molar-refractivity contribution in [2.75, 3.05) is 12.4 Å². The largest absolute Gasteiger partial charge is 0.469 e. The van der Waals surface area contributed by atoms with Crippen LogP contribution < -0.4 is 5.32 Å². The molecule has 0 unspecified atom stereocenters. The molecule has 0 fully saturated rings. The van der Waals surface area contributed by atoms with Crippen LogP contribution in [0.2, 0.25) is 0 Å². The van der Waals surface area contributed by atoms with Crippen LogP contribution in [0, 0.1) is 12.7 Å². The molecule has 21 heavy (non-hydrogen) atoms. The lowest BCUT2D eigenvalue weighted by Crippen LogP contribution is -2.02. The van der Waals surface area contributed by atoms with Gasteiger partial charge in [-0.3, -0.25) is 4.79 Å². The van der Waals surface area contributed by atoms with Crippen molar-refractivity contribution in [2.24, 2.45) is 0 Å². The van der Waals surface area contributed by atoms with Gasteiger partial charge in [0.2, 0.25) is 0 Å². The number of carbonyl (C=O) groups is 1. The van der Waals surface area contributed by atoms with E-state index in [9.17, 15) is 9.18 Å². The van der Waals surface area contributed by atoms with Crippen LogP contribution in [0.5, 0.6) is 0 Å². The number of thiophene rings is 1. The van der Waals surface area contributed by atoms with Crippen LogP contribution in [0.4, 0.5) is 10.1 Å². The van der Waals surface area contributed by atoms with Gasteiger partial charge in [-0.25, -0.2) is 4.39 Å². The van der Waals surface area contributed by atoms with E-state index in [1.54, 1.807) is 17.4 Å². The van der Waals surface area contributed by atoms with Crippen molar-refractivity contribution in [1.82, 2.24) is 0 Å². The summed E-state index contributed by atoms with van der Waals surface area (Å²) in [7, 11) is 1.38. The molecular formula is C15H15BrFNO2S. The Morgan fingerprint density at radius 2 is 2.10 bits per heavy atom. The van der Waals surface area contributed by atoms with Gasteiger partial charge in [-0.05, 0) is 52.7 Å². The van der Waals surface area contributed by atoms with E-state index in [1.807, 2.05) is 19.1 Å². The molecule has 3 nitrogen and oxygen atoms in total. The topological polar surface area (TPSA) is 38.3 Å². The van der Waals surface area contributed by atoms with Gasteiger partial charge in [-0.2, -0.15) is 0 Å². The molecule has 0 saturated carbocycles. The maximum absolute atomic E-state index is 13.4. The van der Waals surface area contributed by atoms with Crippen LogP contribution in [-0.4, -0.2) is 13.1 Å². The SMILES string of the molecule is COC(=O)Cc1ccc(CNc2cc(Br)c(F)cc2C)s1. The van der Waals surface area contributed by atoms with Gasteiger partial charge >= 0.3 is 5.97 Å². The maximum atomic E-state index is 13.4. The maximum Gasteiger partial charge on any atom is 0.310 e. The molecule has 0 radical (unpaired) electrons. The minimum absolute atomic E-state index is 0.241. The lowest BCUT2D eigenvalue weighted by atomic mass is 10.2. The molecule has 1 heterocycles.